The molecule has 90 valence electrons. The van der Waals surface area contributed by atoms with Crippen molar-refractivity contribution in [1.82, 2.24) is 9.97 Å². The maximum absolute atomic E-state index is 8.78. The van der Waals surface area contributed by atoms with Crippen LogP contribution in [0.25, 0.3) is 0 Å². The van der Waals surface area contributed by atoms with Crippen molar-refractivity contribution in [2.75, 3.05) is 18.5 Å². The molecule has 18 heavy (non-hydrogen) atoms. The minimum atomic E-state index is 0.0511. The highest BCUT2D eigenvalue weighted by atomic mass is 16.3. The Hall–Kier alpha value is -2.38. The van der Waals surface area contributed by atoms with Gasteiger partial charge in [0.15, 0.2) is 0 Å². The van der Waals surface area contributed by atoms with Gasteiger partial charge in [0.2, 0.25) is 0 Å². The van der Waals surface area contributed by atoms with Gasteiger partial charge in [0.25, 0.3) is 0 Å². The zero-order valence-electron chi connectivity index (χ0n) is 9.80. The van der Waals surface area contributed by atoms with Crippen molar-refractivity contribution < 1.29 is 5.11 Å². The molecule has 4 heteroatoms. The molecule has 0 bridgehead atoms. The molecular formula is C14H13N3O. The van der Waals surface area contributed by atoms with Crippen LogP contribution >= 0.6 is 0 Å². The highest BCUT2D eigenvalue weighted by Crippen LogP contribution is 2.08. The molecule has 0 aliphatic carbocycles. The first kappa shape index (κ1) is 12.1. The topological polar surface area (TPSA) is 58.0 Å². The molecule has 2 aromatic rings. The third-order valence-corrected chi connectivity index (χ3v) is 2.23. The first-order chi connectivity index (χ1) is 8.90. The lowest BCUT2D eigenvalue weighted by atomic mass is 10.2. The molecule has 4 nitrogen and oxygen atoms in total. The Kier molecular flexibility index (Phi) is 4.28. The molecule has 0 atom stereocenters. The molecule has 0 fully saturated rings. The summed E-state index contributed by atoms with van der Waals surface area (Å²) in [4.78, 5) is 8.04. The number of rotatable bonds is 3. The lowest BCUT2D eigenvalue weighted by molar-refractivity contribution is 0.311. The van der Waals surface area contributed by atoms with Gasteiger partial charge in [-0.05, 0) is 12.1 Å². The number of benzene rings is 1. The van der Waals surface area contributed by atoms with Crippen molar-refractivity contribution in [1.29, 1.82) is 0 Å². The first-order valence-corrected chi connectivity index (χ1v) is 5.62. The van der Waals surface area contributed by atoms with Crippen LogP contribution in [-0.4, -0.2) is 28.2 Å². The summed E-state index contributed by atoms with van der Waals surface area (Å²) in [5.74, 6) is 6.71. The quantitative estimate of drug-likeness (QED) is 0.792. The monoisotopic (exact) mass is 239 g/mol. The van der Waals surface area contributed by atoms with E-state index in [2.05, 4.69) is 27.1 Å². The van der Waals surface area contributed by atoms with Gasteiger partial charge in [0.05, 0.1) is 12.2 Å². The molecule has 2 N–H and O–H groups in total. The number of nitrogens with zero attached hydrogens (tertiary/aromatic N) is 2. The van der Waals surface area contributed by atoms with Gasteiger partial charge < -0.3 is 10.4 Å². The van der Waals surface area contributed by atoms with E-state index in [1.54, 1.807) is 6.20 Å². The second kappa shape index (κ2) is 6.38. The third-order valence-electron chi connectivity index (χ3n) is 2.23. The van der Waals surface area contributed by atoms with Crippen molar-refractivity contribution in [2.45, 2.75) is 0 Å². The van der Waals surface area contributed by atoms with E-state index in [1.165, 1.54) is 6.33 Å². The SMILES string of the molecule is OCCNc1ncncc1C#Cc1ccccc1. The van der Waals surface area contributed by atoms with E-state index >= 15 is 0 Å². The molecule has 1 heterocycles. The number of nitrogens with one attached hydrogen (secondary N) is 1. The maximum Gasteiger partial charge on any atom is 0.145 e. The lowest BCUT2D eigenvalue weighted by Crippen LogP contribution is -2.08. The first-order valence-electron chi connectivity index (χ1n) is 5.62. The third kappa shape index (κ3) is 3.30. The molecule has 0 saturated carbocycles. The number of aromatic nitrogens is 2. The molecule has 0 spiro atoms. The van der Waals surface area contributed by atoms with Gasteiger partial charge in [-0.2, -0.15) is 0 Å². The van der Waals surface area contributed by atoms with Crippen molar-refractivity contribution in [2.24, 2.45) is 0 Å². The largest absolute Gasteiger partial charge is 0.395 e. The van der Waals surface area contributed by atoms with Gasteiger partial charge in [-0.25, -0.2) is 9.97 Å². The number of aliphatic hydroxyl groups excluding tert-OH is 1. The smallest absolute Gasteiger partial charge is 0.145 e. The van der Waals surface area contributed by atoms with Gasteiger partial charge in [-0.1, -0.05) is 30.0 Å². The van der Waals surface area contributed by atoms with Crippen molar-refractivity contribution in [3.05, 3.63) is 54.0 Å². The van der Waals surface area contributed by atoms with Crippen LogP contribution in [0.3, 0.4) is 0 Å². The Bertz CT molecular complexity index is 558. The van der Waals surface area contributed by atoms with E-state index in [0.29, 0.717) is 12.4 Å². The summed E-state index contributed by atoms with van der Waals surface area (Å²) in [6, 6.07) is 9.72. The van der Waals surface area contributed by atoms with Crippen molar-refractivity contribution >= 4 is 5.82 Å². The van der Waals surface area contributed by atoms with Crippen LogP contribution in [0, 0.1) is 11.8 Å². The summed E-state index contributed by atoms with van der Waals surface area (Å²) in [5, 5.41) is 11.8. The van der Waals surface area contributed by atoms with E-state index in [4.69, 9.17) is 5.11 Å². The Labute approximate surface area is 106 Å². The summed E-state index contributed by atoms with van der Waals surface area (Å²) in [6.07, 6.45) is 3.11. The molecule has 0 amide bonds. The number of anilines is 1. The van der Waals surface area contributed by atoms with Crippen LogP contribution in [0.15, 0.2) is 42.9 Å². The molecule has 0 radical (unpaired) electrons. The molecule has 1 aromatic carbocycles. The standard InChI is InChI=1S/C14H13N3O/c18-9-8-16-14-13(10-15-11-17-14)7-6-12-4-2-1-3-5-12/h1-5,10-11,18H,8-9H2,(H,15,16,17). The Morgan fingerprint density at radius 1 is 1.17 bits per heavy atom. The predicted octanol–water partition coefficient (Wildman–Crippen LogP) is 1.28. The maximum atomic E-state index is 8.78. The van der Waals surface area contributed by atoms with Crippen molar-refractivity contribution in [3.63, 3.8) is 0 Å². The molecule has 0 saturated heterocycles. The van der Waals surface area contributed by atoms with E-state index in [-0.39, 0.29) is 6.61 Å². The van der Waals surface area contributed by atoms with Gasteiger partial charge in [-0.15, -0.1) is 0 Å². The zero-order valence-corrected chi connectivity index (χ0v) is 9.80. The fourth-order valence-electron chi connectivity index (χ4n) is 1.40. The molecule has 0 unspecified atom stereocenters. The molecule has 0 aliphatic rings. The normalized spacial score (nSPS) is 9.39. The van der Waals surface area contributed by atoms with Gasteiger partial charge in [0, 0.05) is 18.3 Å². The van der Waals surface area contributed by atoms with Crippen LogP contribution in [0.1, 0.15) is 11.1 Å². The Morgan fingerprint density at radius 2 is 2.00 bits per heavy atom. The van der Waals surface area contributed by atoms with Crippen molar-refractivity contribution in [3.8, 4) is 11.8 Å². The number of aliphatic hydroxyl groups is 1. The van der Waals surface area contributed by atoms with Gasteiger partial charge in [0.1, 0.15) is 12.1 Å². The second-order valence-electron chi connectivity index (χ2n) is 3.55. The average molecular weight is 239 g/mol. The zero-order chi connectivity index (χ0) is 12.6. The highest BCUT2D eigenvalue weighted by molar-refractivity contribution is 5.54. The van der Waals surface area contributed by atoms with Crippen LogP contribution in [0.2, 0.25) is 0 Å². The second-order valence-corrected chi connectivity index (χ2v) is 3.55. The lowest BCUT2D eigenvalue weighted by Gasteiger charge is -2.04. The summed E-state index contributed by atoms with van der Waals surface area (Å²) in [7, 11) is 0. The van der Waals surface area contributed by atoms with Crippen LogP contribution in [-0.2, 0) is 0 Å². The summed E-state index contributed by atoms with van der Waals surface area (Å²) in [6.45, 7) is 0.493. The van der Waals surface area contributed by atoms with Crippen LogP contribution in [0.4, 0.5) is 5.82 Å². The minimum Gasteiger partial charge on any atom is -0.395 e. The summed E-state index contributed by atoms with van der Waals surface area (Å²) in [5.41, 5.74) is 1.66. The number of hydrogen-bond acceptors (Lipinski definition) is 4. The Morgan fingerprint density at radius 3 is 2.78 bits per heavy atom. The Balaban J connectivity index is 2.21. The summed E-state index contributed by atoms with van der Waals surface area (Å²) < 4.78 is 0. The summed E-state index contributed by atoms with van der Waals surface area (Å²) >= 11 is 0. The van der Waals surface area contributed by atoms with E-state index in [9.17, 15) is 0 Å². The fourth-order valence-corrected chi connectivity index (χ4v) is 1.40. The van der Waals surface area contributed by atoms with E-state index < -0.39 is 0 Å². The van der Waals surface area contributed by atoms with Crippen LogP contribution in [0.5, 0.6) is 0 Å². The minimum absolute atomic E-state index is 0.0511. The van der Waals surface area contributed by atoms with Crippen LogP contribution < -0.4 is 5.32 Å². The predicted molar refractivity (Wildman–Crippen MR) is 70.0 cm³/mol. The fraction of sp³-hybridized carbons (Fsp3) is 0.143. The van der Waals surface area contributed by atoms with E-state index in [0.717, 1.165) is 11.1 Å². The molecule has 2 rings (SSSR count). The van der Waals surface area contributed by atoms with E-state index in [1.807, 2.05) is 30.3 Å². The molecular weight excluding hydrogens is 226 g/mol. The molecule has 1 aromatic heterocycles. The average Bonchev–Trinajstić information content (AvgIpc) is 2.45. The van der Waals surface area contributed by atoms with Gasteiger partial charge in [-0.3, -0.25) is 0 Å². The highest BCUT2D eigenvalue weighted by Gasteiger charge is 1.99. The van der Waals surface area contributed by atoms with Gasteiger partial charge >= 0.3 is 0 Å². The molecule has 0 aliphatic heterocycles. The number of hydrogen-bond donors (Lipinski definition) is 2.